The van der Waals surface area contributed by atoms with Crippen molar-refractivity contribution in [3.05, 3.63) is 0 Å². The first-order valence-corrected chi connectivity index (χ1v) is 4.72. The molecule has 0 aliphatic rings. The van der Waals surface area contributed by atoms with E-state index in [1.165, 1.54) is 25.7 Å². The maximum Gasteiger partial charge on any atom is 0.231 e. The van der Waals surface area contributed by atoms with E-state index in [4.69, 9.17) is 20.4 Å². The van der Waals surface area contributed by atoms with Crippen molar-refractivity contribution in [3.63, 3.8) is 0 Å². The third-order valence-electron chi connectivity index (χ3n) is 1.75. The second kappa shape index (κ2) is 22.6. The third-order valence-corrected chi connectivity index (χ3v) is 1.75. The van der Waals surface area contributed by atoms with Crippen LogP contribution in [0.3, 0.4) is 0 Å². The van der Waals surface area contributed by atoms with Crippen LogP contribution in [-0.4, -0.2) is 12.2 Å². The zero-order chi connectivity index (χ0) is 11.8. The highest BCUT2D eigenvalue weighted by Gasteiger charge is 1.94. The zero-order valence-corrected chi connectivity index (χ0v) is 9.22. The Hall–Kier alpha value is -1.24. The summed E-state index contributed by atoms with van der Waals surface area (Å²) in [6.45, 7) is 6.85. The second-order valence-electron chi connectivity index (χ2n) is 2.86. The first-order valence-electron chi connectivity index (χ1n) is 4.72. The quantitative estimate of drug-likeness (QED) is 0.540. The lowest BCUT2D eigenvalue weighted by Crippen LogP contribution is -1.89. The van der Waals surface area contributed by atoms with Crippen molar-refractivity contribution in [1.29, 1.82) is 10.8 Å². The van der Waals surface area contributed by atoms with Gasteiger partial charge in [0.15, 0.2) is 0 Å². The molecule has 0 amide bonds. The number of nitrogens with one attached hydrogen (secondary N) is 2. The molecule has 0 saturated carbocycles. The molecule has 1 atom stereocenters. The van der Waals surface area contributed by atoms with Crippen LogP contribution >= 0.6 is 0 Å². The van der Waals surface area contributed by atoms with Gasteiger partial charge in [-0.25, -0.2) is 20.4 Å². The fourth-order valence-corrected chi connectivity index (χ4v) is 0.757. The molecule has 0 radical (unpaired) electrons. The fourth-order valence-electron chi connectivity index (χ4n) is 0.757. The molecule has 4 nitrogen and oxygen atoms in total. The molecular weight excluding hydrogens is 180 g/mol. The van der Waals surface area contributed by atoms with Crippen molar-refractivity contribution < 1.29 is 9.59 Å². The average molecular weight is 200 g/mol. The van der Waals surface area contributed by atoms with E-state index in [2.05, 4.69) is 20.8 Å². The first kappa shape index (κ1) is 18.5. The van der Waals surface area contributed by atoms with E-state index in [-0.39, 0.29) is 0 Å². The molecule has 14 heavy (non-hydrogen) atoms. The highest BCUT2D eigenvalue weighted by atomic mass is 16.1. The van der Waals surface area contributed by atoms with E-state index >= 15 is 0 Å². The van der Waals surface area contributed by atoms with Crippen LogP contribution in [0.4, 0.5) is 0 Å². The van der Waals surface area contributed by atoms with Crippen LogP contribution in [-0.2, 0) is 9.59 Å². The lowest BCUT2D eigenvalue weighted by atomic mass is 10.0. The van der Waals surface area contributed by atoms with Crippen molar-refractivity contribution >= 4 is 12.2 Å². The minimum atomic E-state index is 0.750. The molecule has 0 aromatic heterocycles. The standard InChI is InChI=1S/C8H18.2CHNO/c1-4-6-7-8(3)5-2;2*2-1-3/h8H,4-7H2,1-3H3;2*2H. The summed E-state index contributed by atoms with van der Waals surface area (Å²) in [5.41, 5.74) is 0. The molecule has 0 bridgehead atoms. The van der Waals surface area contributed by atoms with Crippen LogP contribution in [0, 0.1) is 16.7 Å². The van der Waals surface area contributed by atoms with Gasteiger partial charge in [0, 0.05) is 0 Å². The maximum atomic E-state index is 8.35. The van der Waals surface area contributed by atoms with Crippen molar-refractivity contribution in [2.75, 3.05) is 0 Å². The molecule has 0 aromatic rings. The maximum absolute atomic E-state index is 8.35. The lowest BCUT2D eigenvalue weighted by Gasteiger charge is -2.04. The predicted molar refractivity (Wildman–Crippen MR) is 55.8 cm³/mol. The van der Waals surface area contributed by atoms with E-state index in [0.29, 0.717) is 0 Å². The zero-order valence-electron chi connectivity index (χ0n) is 9.22. The third kappa shape index (κ3) is 45.2. The molecule has 0 spiro atoms. The SMILES string of the molecule is CCCCC(C)CC.N=C=O.N=C=O. The molecule has 2 N–H and O–H groups in total. The second-order valence-corrected chi connectivity index (χ2v) is 2.86. The summed E-state index contributed by atoms with van der Waals surface area (Å²) in [4.78, 5) is 16.7. The van der Waals surface area contributed by atoms with E-state index in [0.717, 1.165) is 18.1 Å². The minimum absolute atomic E-state index is 0.750. The van der Waals surface area contributed by atoms with Gasteiger partial charge in [-0.15, -0.1) is 0 Å². The largest absolute Gasteiger partial charge is 0.231 e. The van der Waals surface area contributed by atoms with Crippen LogP contribution in [0.5, 0.6) is 0 Å². The minimum Gasteiger partial charge on any atom is -0.222 e. The smallest absolute Gasteiger partial charge is 0.222 e. The Kier molecular flexibility index (Phi) is 29.9. The Morgan fingerprint density at radius 2 is 1.50 bits per heavy atom. The fraction of sp³-hybridized carbons (Fsp3) is 0.800. The summed E-state index contributed by atoms with van der Waals surface area (Å²) in [5, 5.41) is 10.8. The Morgan fingerprint density at radius 3 is 1.71 bits per heavy atom. The summed E-state index contributed by atoms with van der Waals surface area (Å²) in [6.07, 6.45) is 7.03. The van der Waals surface area contributed by atoms with Gasteiger partial charge in [-0.3, -0.25) is 0 Å². The molecule has 4 heteroatoms. The van der Waals surface area contributed by atoms with Gasteiger partial charge in [-0.1, -0.05) is 46.5 Å². The van der Waals surface area contributed by atoms with Crippen molar-refractivity contribution in [3.8, 4) is 0 Å². The van der Waals surface area contributed by atoms with Crippen LogP contribution in [0.1, 0.15) is 46.5 Å². The molecule has 0 rings (SSSR count). The Labute approximate surface area is 85.7 Å². The highest BCUT2D eigenvalue weighted by molar-refractivity contribution is 5.26. The highest BCUT2D eigenvalue weighted by Crippen LogP contribution is 2.09. The van der Waals surface area contributed by atoms with E-state index in [1.54, 1.807) is 0 Å². The summed E-state index contributed by atoms with van der Waals surface area (Å²) >= 11 is 0. The van der Waals surface area contributed by atoms with Gasteiger partial charge in [0.1, 0.15) is 0 Å². The van der Waals surface area contributed by atoms with Crippen molar-refractivity contribution in [2.45, 2.75) is 46.5 Å². The topological polar surface area (TPSA) is 81.8 Å². The molecule has 0 aliphatic carbocycles. The van der Waals surface area contributed by atoms with E-state index in [1.807, 2.05) is 0 Å². The number of isocyanates is 2. The molecule has 82 valence electrons. The van der Waals surface area contributed by atoms with Gasteiger partial charge >= 0.3 is 0 Å². The Bertz CT molecular complexity index is 146. The number of hydrogen-bond donors (Lipinski definition) is 2. The number of unbranched alkanes of at least 4 members (excludes halogenated alkanes) is 1. The van der Waals surface area contributed by atoms with Crippen LogP contribution in [0.15, 0.2) is 0 Å². The van der Waals surface area contributed by atoms with E-state index < -0.39 is 0 Å². The molecule has 0 fully saturated rings. The molecule has 0 heterocycles. The van der Waals surface area contributed by atoms with E-state index in [9.17, 15) is 0 Å². The van der Waals surface area contributed by atoms with Gasteiger partial charge in [0.25, 0.3) is 0 Å². The van der Waals surface area contributed by atoms with Gasteiger partial charge in [-0.2, -0.15) is 0 Å². The number of carbonyl (C=O) groups excluding carboxylic acids is 2. The molecule has 0 aliphatic heterocycles. The summed E-state index contributed by atoms with van der Waals surface area (Å²) < 4.78 is 0. The summed E-state index contributed by atoms with van der Waals surface area (Å²) in [7, 11) is 0. The van der Waals surface area contributed by atoms with Crippen LogP contribution in [0.2, 0.25) is 0 Å². The molecule has 0 saturated heterocycles. The predicted octanol–water partition coefficient (Wildman–Crippen LogP) is 3.02. The van der Waals surface area contributed by atoms with Gasteiger partial charge in [0.05, 0.1) is 0 Å². The monoisotopic (exact) mass is 200 g/mol. The normalized spacial score (nSPS) is 9.07. The first-order chi connectivity index (χ1) is 6.64. The van der Waals surface area contributed by atoms with Gasteiger partial charge in [0.2, 0.25) is 12.2 Å². The van der Waals surface area contributed by atoms with Gasteiger partial charge in [-0.05, 0) is 5.92 Å². The lowest BCUT2D eigenvalue weighted by molar-refractivity contribution is 0.492. The Morgan fingerprint density at radius 1 is 1.14 bits per heavy atom. The van der Waals surface area contributed by atoms with Crippen LogP contribution in [0.25, 0.3) is 0 Å². The van der Waals surface area contributed by atoms with Crippen molar-refractivity contribution in [1.82, 2.24) is 0 Å². The molecule has 1 unspecified atom stereocenters. The molecule has 0 aromatic carbocycles. The average Bonchev–Trinajstić information content (AvgIpc) is 2.16. The molecular formula is C10H20N2O2. The van der Waals surface area contributed by atoms with Gasteiger partial charge < -0.3 is 0 Å². The Balaban J connectivity index is -0.000000168. The van der Waals surface area contributed by atoms with Crippen LogP contribution < -0.4 is 0 Å². The summed E-state index contributed by atoms with van der Waals surface area (Å²) in [5.74, 6) is 0.954. The number of hydrogen-bond acceptors (Lipinski definition) is 4. The number of rotatable bonds is 4. The van der Waals surface area contributed by atoms with Crippen molar-refractivity contribution in [2.24, 2.45) is 5.92 Å². The summed E-state index contributed by atoms with van der Waals surface area (Å²) in [6, 6.07) is 0.